The van der Waals surface area contributed by atoms with Crippen molar-refractivity contribution in [1.29, 1.82) is 5.41 Å². The maximum absolute atomic E-state index is 14.5. The molecule has 1 aromatic carbocycles. The smallest absolute Gasteiger partial charge is 0.407 e. The van der Waals surface area contributed by atoms with Gasteiger partial charge in [-0.1, -0.05) is 0 Å². The highest BCUT2D eigenvalue weighted by atomic mass is 19.1. The number of amides is 1. The molecule has 5 N–H and O–H groups in total. The number of nitrogens with one attached hydrogen (secondary N) is 3. The van der Waals surface area contributed by atoms with E-state index in [-0.39, 0.29) is 28.8 Å². The van der Waals surface area contributed by atoms with Crippen molar-refractivity contribution in [2.24, 2.45) is 0 Å². The Bertz CT molecular complexity index is 1050. The average Bonchev–Trinajstić information content (AvgIpc) is 2.83. The Morgan fingerprint density at radius 1 is 1.14 bits per heavy atom. The number of benzene rings is 1. The number of alkyl carbamates (subject to hydrolysis) is 1. The van der Waals surface area contributed by atoms with Crippen LogP contribution >= 0.6 is 0 Å². The van der Waals surface area contributed by atoms with Gasteiger partial charge >= 0.3 is 6.09 Å². The summed E-state index contributed by atoms with van der Waals surface area (Å²) < 4.78 is 49.3. The maximum atomic E-state index is 14.5. The maximum Gasteiger partial charge on any atom is 0.407 e. The zero-order valence-electron chi connectivity index (χ0n) is 20.8. The molecule has 196 valence electrons. The van der Waals surface area contributed by atoms with Crippen LogP contribution in [0.4, 0.5) is 19.5 Å². The average molecular weight is 510 g/mol. The molecule has 1 amide bonds. The zero-order valence-corrected chi connectivity index (χ0v) is 20.8. The van der Waals surface area contributed by atoms with Gasteiger partial charge in [-0.05, 0) is 20.8 Å². The monoisotopic (exact) mass is 509 g/mol. The number of methoxy groups -OCH3 is 2. The number of nitrogens with zero attached hydrogens (tertiary/aromatic N) is 2. The van der Waals surface area contributed by atoms with E-state index in [9.17, 15) is 13.6 Å². The van der Waals surface area contributed by atoms with E-state index in [2.05, 4.69) is 20.6 Å². The van der Waals surface area contributed by atoms with E-state index in [0.29, 0.717) is 18.8 Å². The van der Waals surface area contributed by atoms with Gasteiger partial charge in [0.15, 0.2) is 28.9 Å². The van der Waals surface area contributed by atoms with Gasteiger partial charge in [0.05, 0.1) is 45.3 Å². The number of hydrogen-bond donors (Lipinski definition) is 4. The Morgan fingerprint density at radius 3 is 2.28 bits per heavy atom. The zero-order chi connectivity index (χ0) is 26.7. The van der Waals surface area contributed by atoms with Gasteiger partial charge in [0, 0.05) is 12.3 Å². The van der Waals surface area contributed by atoms with Gasteiger partial charge in [-0.3, -0.25) is 0 Å². The second kappa shape index (κ2) is 13.2. The van der Waals surface area contributed by atoms with E-state index >= 15 is 0 Å². The first-order valence-corrected chi connectivity index (χ1v) is 10.9. The van der Waals surface area contributed by atoms with Crippen molar-refractivity contribution in [1.82, 2.24) is 15.3 Å². The molecule has 0 saturated heterocycles. The van der Waals surface area contributed by atoms with Crippen molar-refractivity contribution in [2.75, 3.05) is 32.6 Å². The molecular formula is C23H31F2N6O5+. The third kappa shape index (κ3) is 8.65. The molecule has 1 aromatic heterocycles. The number of quaternary nitrogens is 1. The lowest BCUT2D eigenvalue weighted by atomic mass is 10.1. The molecule has 1 heterocycles. The lowest BCUT2D eigenvalue weighted by Gasteiger charge is -2.19. The van der Waals surface area contributed by atoms with Crippen molar-refractivity contribution < 1.29 is 37.8 Å². The first-order valence-electron chi connectivity index (χ1n) is 10.9. The summed E-state index contributed by atoms with van der Waals surface area (Å²) in [6, 6.07) is 1.11. The van der Waals surface area contributed by atoms with Crippen LogP contribution in [0.1, 0.15) is 26.3 Å². The number of anilines is 1. The first-order chi connectivity index (χ1) is 17.1. The molecule has 0 fully saturated rings. The van der Waals surface area contributed by atoms with Gasteiger partial charge in [0.2, 0.25) is 5.95 Å². The number of carbonyl (C=O) groups excluding carboxylic acids is 1. The van der Waals surface area contributed by atoms with Crippen molar-refractivity contribution in [2.45, 2.75) is 33.0 Å². The Hall–Kier alpha value is -4.00. The highest BCUT2D eigenvalue weighted by Gasteiger charge is 2.20. The van der Waals surface area contributed by atoms with Crippen LogP contribution in [0.3, 0.4) is 0 Å². The van der Waals surface area contributed by atoms with Crippen molar-refractivity contribution in [3.05, 3.63) is 47.6 Å². The van der Waals surface area contributed by atoms with Crippen molar-refractivity contribution in [3.63, 3.8) is 0 Å². The Labute approximate surface area is 207 Å². The van der Waals surface area contributed by atoms with Gasteiger partial charge in [0.25, 0.3) is 0 Å². The van der Waals surface area contributed by atoms with E-state index in [1.807, 2.05) is 0 Å². The molecule has 0 unspecified atom stereocenters. The second-order valence-corrected chi connectivity index (χ2v) is 8.26. The number of allylic oxidation sites excluding steroid dienone is 1. The first kappa shape index (κ1) is 28.2. The summed E-state index contributed by atoms with van der Waals surface area (Å²) in [6.45, 7) is 5.76. The highest BCUT2D eigenvalue weighted by Crippen LogP contribution is 2.31. The largest absolute Gasteiger partial charge is 0.494 e. The fourth-order valence-corrected chi connectivity index (χ4v) is 2.71. The molecule has 0 spiro atoms. The van der Waals surface area contributed by atoms with Gasteiger partial charge < -0.3 is 40.3 Å². The van der Waals surface area contributed by atoms with Gasteiger partial charge in [0.1, 0.15) is 24.1 Å². The summed E-state index contributed by atoms with van der Waals surface area (Å²) in [7, 11) is 2.52. The molecule has 13 heteroatoms. The molecule has 0 aliphatic rings. The lowest BCUT2D eigenvalue weighted by Crippen LogP contribution is -2.80. The van der Waals surface area contributed by atoms with Crippen LogP contribution in [0.15, 0.2) is 30.4 Å². The number of halogens is 2. The molecule has 0 aliphatic carbocycles. The van der Waals surface area contributed by atoms with Crippen molar-refractivity contribution in [3.8, 4) is 17.2 Å². The fraction of sp³-hybridized carbons (Fsp3) is 0.391. The van der Waals surface area contributed by atoms with Crippen LogP contribution < -0.4 is 30.2 Å². The Morgan fingerprint density at radius 2 is 1.75 bits per heavy atom. The Kier molecular flexibility index (Phi) is 10.3. The number of carbonyl (C=O) groups is 1. The van der Waals surface area contributed by atoms with E-state index in [1.54, 1.807) is 32.3 Å². The summed E-state index contributed by atoms with van der Waals surface area (Å²) in [5.74, 6) is -1.79. The summed E-state index contributed by atoms with van der Waals surface area (Å²) in [5, 5.41) is 14.8. The number of aromatic nitrogens is 2. The topological polar surface area (TPSA) is 144 Å². The minimum Gasteiger partial charge on any atom is -0.494 e. The molecule has 0 saturated carbocycles. The van der Waals surface area contributed by atoms with Crippen LogP contribution in [0, 0.1) is 17.0 Å². The van der Waals surface area contributed by atoms with Gasteiger partial charge in [-0.2, -0.15) is 0 Å². The SMILES string of the molecule is COc1cc(OC)c(F)c(COc2cnc(N/C(C=N)=C/[NH2+]CCNC(=O)OC(C)(C)C)nc2)c1F. The van der Waals surface area contributed by atoms with E-state index in [0.717, 1.165) is 12.3 Å². The molecule has 2 rings (SSSR count). The molecule has 36 heavy (non-hydrogen) atoms. The summed E-state index contributed by atoms with van der Waals surface area (Å²) >= 11 is 0. The third-order valence-corrected chi connectivity index (χ3v) is 4.36. The minimum absolute atomic E-state index is 0.168. The predicted molar refractivity (Wildman–Crippen MR) is 127 cm³/mol. The second-order valence-electron chi connectivity index (χ2n) is 8.26. The van der Waals surface area contributed by atoms with Gasteiger partial charge in [-0.15, -0.1) is 0 Å². The quantitative estimate of drug-likeness (QED) is 0.252. The predicted octanol–water partition coefficient (Wildman–Crippen LogP) is 2.34. The number of nitrogens with two attached hydrogens (primary N) is 1. The van der Waals surface area contributed by atoms with Crippen LogP contribution in [-0.4, -0.2) is 55.2 Å². The summed E-state index contributed by atoms with van der Waals surface area (Å²) in [5.41, 5.74) is -0.534. The molecular weight excluding hydrogens is 478 g/mol. The van der Waals surface area contributed by atoms with Crippen LogP contribution in [-0.2, 0) is 11.3 Å². The number of hydrogen-bond acceptors (Lipinski definition) is 9. The lowest BCUT2D eigenvalue weighted by molar-refractivity contribution is -0.586. The van der Waals surface area contributed by atoms with E-state index in [1.165, 1.54) is 26.6 Å². The number of ether oxygens (including phenoxy) is 4. The molecule has 0 radical (unpaired) electrons. The van der Waals surface area contributed by atoms with E-state index in [4.69, 9.17) is 24.4 Å². The standard InChI is InChI=1S/C23H30F2N6O5/c1-23(2,3)36-22(32)28-7-6-27-10-14(9-26)31-21-29-11-15(12-30-21)35-13-16-19(24)17(33-4)8-18(34-5)20(16)25/h8-12,26-27H,6-7,13H2,1-5H3,(H,28,32)(H,29,30,31)/p+1/b14-10+,26-9?. The summed E-state index contributed by atoms with van der Waals surface area (Å²) in [6.07, 6.45) is 4.85. The van der Waals surface area contributed by atoms with Gasteiger partial charge in [-0.25, -0.2) is 23.5 Å². The fourth-order valence-electron chi connectivity index (χ4n) is 2.71. The van der Waals surface area contributed by atoms with Crippen LogP contribution in [0.2, 0.25) is 0 Å². The highest BCUT2D eigenvalue weighted by molar-refractivity contribution is 5.79. The van der Waals surface area contributed by atoms with E-state index < -0.39 is 29.9 Å². The van der Waals surface area contributed by atoms with Crippen LogP contribution in [0.25, 0.3) is 0 Å². The molecule has 11 nitrogen and oxygen atoms in total. The normalized spacial score (nSPS) is 11.5. The molecule has 0 bridgehead atoms. The Balaban J connectivity index is 1.89. The molecule has 0 aliphatic heterocycles. The van der Waals surface area contributed by atoms with Crippen molar-refractivity contribution >= 4 is 18.3 Å². The number of rotatable bonds is 12. The molecule has 0 atom stereocenters. The molecule has 2 aromatic rings. The summed E-state index contributed by atoms with van der Waals surface area (Å²) in [4.78, 5) is 19.8. The third-order valence-electron chi connectivity index (χ3n) is 4.36. The minimum atomic E-state index is -0.895. The van der Waals surface area contributed by atoms with Crippen LogP contribution in [0.5, 0.6) is 17.2 Å².